The molecule has 1 fully saturated rings. The summed E-state index contributed by atoms with van der Waals surface area (Å²) in [6, 6.07) is 11.8. The van der Waals surface area contributed by atoms with Crippen LogP contribution in [-0.2, 0) is 6.42 Å². The van der Waals surface area contributed by atoms with Crippen molar-refractivity contribution < 1.29 is 14.0 Å². The topological polar surface area (TPSA) is 111 Å². The lowest BCUT2D eigenvalue weighted by Gasteiger charge is -2.23. The van der Waals surface area contributed by atoms with Crippen molar-refractivity contribution in [3.8, 4) is 16.5 Å². The fraction of sp³-hybridized carbons (Fsp3) is 0.267. The number of hydrogen-bond acceptors (Lipinski definition) is 7. The molecule has 1 N–H and O–H groups in total. The molecule has 4 heterocycles. The van der Waals surface area contributed by atoms with Crippen LogP contribution in [-0.4, -0.2) is 47.7 Å². The summed E-state index contributed by atoms with van der Waals surface area (Å²) in [5, 5.41) is 13.1. The normalized spacial score (nSPS) is 14.4. The maximum atomic E-state index is 15.7. The number of thiazole rings is 1. The zero-order valence-corrected chi connectivity index (χ0v) is 23.8. The van der Waals surface area contributed by atoms with Gasteiger partial charge in [0.15, 0.2) is 10.8 Å². The van der Waals surface area contributed by atoms with Gasteiger partial charge in [0.25, 0.3) is 11.8 Å². The van der Waals surface area contributed by atoms with Crippen molar-refractivity contribution in [2.45, 2.75) is 45.1 Å². The predicted octanol–water partition coefficient (Wildman–Crippen LogP) is 5.64. The van der Waals surface area contributed by atoms with E-state index in [9.17, 15) is 9.59 Å². The molecule has 0 spiro atoms. The van der Waals surface area contributed by atoms with Crippen molar-refractivity contribution in [3.05, 3.63) is 88.8 Å². The Labute approximate surface area is 244 Å². The van der Waals surface area contributed by atoms with Crippen LogP contribution in [0.5, 0.6) is 0 Å². The van der Waals surface area contributed by atoms with Crippen LogP contribution in [0, 0.1) is 5.82 Å². The first-order valence-corrected chi connectivity index (χ1v) is 14.7. The molecule has 0 bridgehead atoms. The minimum absolute atomic E-state index is 0.132. The molecular weight excluding hydrogens is 555 g/mol. The largest absolute Gasteiger partial charge is 0.309 e. The predicted molar refractivity (Wildman–Crippen MR) is 157 cm³/mol. The van der Waals surface area contributed by atoms with Crippen LogP contribution < -0.4 is 10.2 Å². The first-order valence-electron chi connectivity index (χ1n) is 13.8. The lowest BCUT2D eigenvalue weighted by atomic mass is 10.1. The second-order valence-corrected chi connectivity index (χ2v) is 11.6. The third-order valence-corrected chi connectivity index (χ3v) is 8.38. The van der Waals surface area contributed by atoms with Crippen molar-refractivity contribution >= 4 is 34.7 Å². The highest BCUT2D eigenvalue weighted by molar-refractivity contribution is 7.13. The SMILES string of the molecule is CC(C)n1cnnc1-c1nc(NC(=O)c2cc3c(cc2F)N(C(=O)c2ccccc2)CCc2nc(C4CC4)cn2-3)cs1. The van der Waals surface area contributed by atoms with Gasteiger partial charge in [-0.15, -0.1) is 21.5 Å². The smallest absolute Gasteiger partial charge is 0.259 e. The van der Waals surface area contributed by atoms with Gasteiger partial charge in [0.05, 0.1) is 22.6 Å². The summed E-state index contributed by atoms with van der Waals surface area (Å²) in [6.45, 7) is 4.35. The number of aromatic nitrogens is 6. The molecule has 1 aliphatic heterocycles. The number of nitrogens with zero attached hydrogens (tertiary/aromatic N) is 7. The van der Waals surface area contributed by atoms with Crippen LogP contribution in [0.1, 0.15) is 70.9 Å². The maximum Gasteiger partial charge on any atom is 0.259 e. The minimum Gasteiger partial charge on any atom is -0.309 e. The van der Waals surface area contributed by atoms with Crippen molar-refractivity contribution in [3.63, 3.8) is 0 Å². The number of fused-ring (bicyclic) bond motifs is 3. The van der Waals surface area contributed by atoms with Gasteiger partial charge in [-0.3, -0.25) is 9.59 Å². The van der Waals surface area contributed by atoms with Crippen LogP contribution in [0.4, 0.5) is 15.9 Å². The van der Waals surface area contributed by atoms with E-state index in [0.29, 0.717) is 46.7 Å². The van der Waals surface area contributed by atoms with Crippen LogP contribution in [0.2, 0.25) is 0 Å². The van der Waals surface area contributed by atoms with Gasteiger partial charge >= 0.3 is 0 Å². The van der Waals surface area contributed by atoms with Crippen LogP contribution in [0.25, 0.3) is 16.5 Å². The molecule has 5 aromatic rings. The number of benzene rings is 2. The first-order chi connectivity index (χ1) is 20.4. The van der Waals surface area contributed by atoms with Gasteiger partial charge in [0.1, 0.15) is 23.8 Å². The number of carbonyl (C=O) groups is 2. The van der Waals surface area contributed by atoms with E-state index >= 15 is 4.39 Å². The van der Waals surface area contributed by atoms with Crippen molar-refractivity contribution in [1.82, 2.24) is 29.3 Å². The average molecular weight is 583 g/mol. The molecule has 10 nitrogen and oxygen atoms in total. The Bertz CT molecular complexity index is 1820. The number of amides is 2. The standard InChI is InChI=1S/C30H27FN8O2S/c1-17(2)39-16-32-36-27(39)29-35-25(15-42-29)34-28(40)20-12-23-24(13-21(20)31)37(30(41)19-6-4-3-5-7-19)11-10-26-33-22(14-38(23)26)18-8-9-18/h3-7,12-18H,8-11H2,1-2H3,(H,34,40). The highest BCUT2D eigenvalue weighted by atomic mass is 32.1. The molecule has 42 heavy (non-hydrogen) atoms. The number of halogens is 1. The van der Waals surface area contributed by atoms with Crippen LogP contribution in [0.15, 0.2) is 60.4 Å². The second kappa shape index (κ2) is 10.3. The highest BCUT2D eigenvalue weighted by Crippen LogP contribution is 2.41. The van der Waals surface area contributed by atoms with Crippen molar-refractivity contribution in [2.75, 3.05) is 16.8 Å². The molecule has 1 saturated carbocycles. The zero-order chi connectivity index (χ0) is 29.0. The van der Waals surface area contributed by atoms with E-state index in [4.69, 9.17) is 4.98 Å². The Morgan fingerprint density at radius 1 is 1.10 bits per heavy atom. The number of hydrogen-bond donors (Lipinski definition) is 1. The van der Waals surface area contributed by atoms with E-state index in [0.717, 1.165) is 24.4 Å². The Morgan fingerprint density at radius 2 is 1.90 bits per heavy atom. The van der Waals surface area contributed by atoms with Crippen LogP contribution >= 0.6 is 11.3 Å². The van der Waals surface area contributed by atoms with Crippen LogP contribution in [0.3, 0.4) is 0 Å². The molecule has 3 aromatic heterocycles. The molecule has 12 heteroatoms. The van der Waals surface area contributed by atoms with Crippen molar-refractivity contribution in [1.29, 1.82) is 0 Å². The molecule has 1 aliphatic carbocycles. The summed E-state index contributed by atoms with van der Waals surface area (Å²) < 4.78 is 19.5. The Hall–Kier alpha value is -4.71. The van der Waals surface area contributed by atoms with E-state index in [1.165, 1.54) is 23.5 Å². The molecule has 2 amide bonds. The summed E-state index contributed by atoms with van der Waals surface area (Å²) >= 11 is 1.31. The minimum atomic E-state index is -0.738. The lowest BCUT2D eigenvalue weighted by Crippen LogP contribution is -2.33. The average Bonchev–Trinajstić information content (AvgIpc) is 3.37. The zero-order valence-electron chi connectivity index (χ0n) is 23.0. The molecule has 7 rings (SSSR count). The van der Waals surface area contributed by atoms with Gasteiger partial charge in [0, 0.05) is 48.1 Å². The van der Waals surface area contributed by atoms with E-state index in [1.807, 2.05) is 35.2 Å². The summed E-state index contributed by atoms with van der Waals surface area (Å²) in [6.07, 6.45) is 6.25. The molecule has 2 aromatic carbocycles. The number of carbonyl (C=O) groups excluding carboxylic acids is 2. The number of rotatable bonds is 6. The molecule has 0 saturated heterocycles. The Balaban J connectivity index is 1.25. The molecule has 2 aliphatic rings. The number of imidazole rings is 1. The fourth-order valence-corrected chi connectivity index (χ4v) is 5.94. The molecular formula is C30H27FN8O2S. The lowest BCUT2D eigenvalue weighted by molar-refractivity contribution is 0.0986. The van der Waals surface area contributed by atoms with E-state index < -0.39 is 11.7 Å². The number of nitrogens with one attached hydrogen (secondary N) is 1. The Morgan fingerprint density at radius 3 is 2.67 bits per heavy atom. The molecule has 0 atom stereocenters. The molecule has 212 valence electrons. The molecule has 0 unspecified atom stereocenters. The summed E-state index contributed by atoms with van der Waals surface area (Å²) in [5.74, 6) is 0.439. The Kier molecular flexibility index (Phi) is 6.42. The van der Waals surface area contributed by atoms with Gasteiger partial charge in [-0.2, -0.15) is 0 Å². The quantitative estimate of drug-likeness (QED) is 0.277. The monoisotopic (exact) mass is 582 g/mol. The van der Waals surface area contributed by atoms with Gasteiger partial charge in [-0.1, -0.05) is 18.2 Å². The van der Waals surface area contributed by atoms with Crippen molar-refractivity contribution in [2.24, 2.45) is 0 Å². The first kappa shape index (κ1) is 26.2. The second-order valence-electron chi connectivity index (χ2n) is 10.8. The highest BCUT2D eigenvalue weighted by Gasteiger charge is 2.32. The summed E-state index contributed by atoms with van der Waals surface area (Å²) in [7, 11) is 0. The summed E-state index contributed by atoms with van der Waals surface area (Å²) in [5.41, 5.74) is 2.24. The van der Waals surface area contributed by atoms with Gasteiger partial charge in [0.2, 0.25) is 0 Å². The maximum absolute atomic E-state index is 15.7. The van der Waals surface area contributed by atoms with Gasteiger partial charge in [-0.05, 0) is 44.9 Å². The fourth-order valence-electron chi connectivity index (χ4n) is 5.20. The third-order valence-electron chi connectivity index (χ3n) is 7.54. The third kappa shape index (κ3) is 4.67. The molecule has 0 radical (unpaired) electrons. The summed E-state index contributed by atoms with van der Waals surface area (Å²) in [4.78, 5) is 37.9. The van der Waals surface area contributed by atoms with Gasteiger partial charge in [-0.25, -0.2) is 14.4 Å². The van der Waals surface area contributed by atoms with E-state index in [1.54, 1.807) is 40.9 Å². The number of anilines is 2. The van der Waals surface area contributed by atoms with E-state index in [-0.39, 0.29) is 23.3 Å². The van der Waals surface area contributed by atoms with E-state index in [2.05, 4.69) is 20.5 Å². The van der Waals surface area contributed by atoms with Gasteiger partial charge < -0.3 is 19.4 Å².